The number of aliphatic hydroxyl groups excluding tert-OH is 1. The number of aliphatic carboxylic acids is 1. The van der Waals surface area contributed by atoms with Crippen molar-refractivity contribution >= 4 is 23.7 Å². The summed E-state index contributed by atoms with van der Waals surface area (Å²) < 4.78 is 0. The van der Waals surface area contributed by atoms with E-state index in [1.165, 1.54) is 13.8 Å². The lowest BCUT2D eigenvalue weighted by molar-refractivity contribution is -0.142. The average molecular weight is 400 g/mol. The van der Waals surface area contributed by atoms with Crippen LogP contribution >= 0.6 is 0 Å². The van der Waals surface area contributed by atoms with E-state index in [0.29, 0.717) is 19.4 Å². The first-order valence-corrected chi connectivity index (χ1v) is 9.63. The number of nitrogens with one attached hydrogen (secondary N) is 4. The van der Waals surface area contributed by atoms with Gasteiger partial charge >= 0.3 is 5.97 Å². The molecule has 1 heterocycles. The lowest BCUT2D eigenvalue weighted by Gasteiger charge is -2.28. The summed E-state index contributed by atoms with van der Waals surface area (Å²) in [5, 5.41) is 29.4. The third-order valence-corrected chi connectivity index (χ3v) is 4.96. The molecule has 6 unspecified atom stereocenters. The summed E-state index contributed by atoms with van der Waals surface area (Å²) in [4.78, 5) is 48.4. The second-order valence-electron chi connectivity index (χ2n) is 7.32. The van der Waals surface area contributed by atoms with Crippen molar-refractivity contribution in [3.05, 3.63) is 0 Å². The molecule has 0 bridgehead atoms. The van der Waals surface area contributed by atoms with Crippen LogP contribution in [0.5, 0.6) is 0 Å². The van der Waals surface area contributed by atoms with Crippen molar-refractivity contribution in [1.29, 1.82) is 0 Å². The molecule has 1 aliphatic rings. The first-order valence-electron chi connectivity index (χ1n) is 9.63. The van der Waals surface area contributed by atoms with Gasteiger partial charge in [-0.3, -0.25) is 19.2 Å². The van der Waals surface area contributed by atoms with E-state index in [-0.39, 0.29) is 11.8 Å². The minimum absolute atomic E-state index is 0.285. The number of hydrogen-bond donors (Lipinski definition) is 6. The number of carboxylic acid groups (broad SMARTS) is 1. The molecule has 6 atom stereocenters. The molecule has 0 spiro atoms. The van der Waals surface area contributed by atoms with E-state index in [2.05, 4.69) is 21.3 Å². The summed E-state index contributed by atoms with van der Waals surface area (Å²) in [6.45, 7) is 6.98. The third-order valence-electron chi connectivity index (χ3n) is 4.96. The van der Waals surface area contributed by atoms with Gasteiger partial charge in [0.05, 0.1) is 12.1 Å². The lowest BCUT2D eigenvalue weighted by atomic mass is 9.97. The Balaban J connectivity index is 2.85. The van der Waals surface area contributed by atoms with Gasteiger partial charge in [0, 0.05) is 0 Å². The van der Waals surface area contributed by atoms with Crippen LogP contribution in [0.4, 0.5) is 0 Å². The molecule has 3 amide bonds. The van der Waals surface area contributed by atoms with Gasteiger partial charge in [0.15, 0.2) is 0 Å². The number of carbonyl (C=O) groups is 4. The van der Waals surface area contributed by atoms with Gasteiger partial charge in [0.25, 0.3) is 0 Å². The predicted octanol–water partition coefficient (Wildman–Crippen LogP) is -1.28. The quantitative estimate of drug-likeness (QED) is 0.267. The van der Waals surface area contributed by atoms with Crippen LogP contribution in [-0.2, 0) is 19.2 Å². The third kappa shape index (κ3) is 6.75. The highest BCUT2D eigenvalue weighted by molar-refractivity contribution is 5.94. The molecular weight excluding hydrogens is 368 g/mol. The van der Waals surface area contributed by atoms with Crippen molar-refractivity contribution < 1.29 is 29.4 Å². The number of hydrogen-bond acceptors (Lipinski definition) is 6. The van der Waals surface area contributed by atoms with E-state index >= 15 is 0 Å². The molecule has 0 radical (unpaired) electrons. The monoisotopic (exact) mass is 400 g/mol. The van der Waals surface area contributed by atoms with Crippen molar-refractivity contribution in [2.75, 3.05) is 6.54 Å². The zero-order chi connectivity index (χ0) is 21.4. The normalized spacial score (nSPS) is 21.7. The highest BCUT2D eigenvalue weighted by Crippen LogP contribution is 2.10. The molecule has 1 aliphatic heterocycles. The van der Waals surface area contributed by atoms with E-state index in [4.69, 9.17) is 5.11 Å². The van der Waals surface area contributed by atoms with Gasteiger partial charge in [0.2, 0.25) is 17.7 Å². The molecule has 10 nitrogen and oxygen atoms in total. The Morgan fingerprint density at radius 3 is 2.11 bits per heavy atom. The summed E-state index contributed by atoms with van der Waals surface area (Å²) in [6.07, 6.45) is 0.869. The fourth-order valence-corrected chi connectivity index (χ4v) is 2.88. The minimum Gasteiger partial charge on any atom is -0.480 e. The standard InChI is InChI=1S/C18H32N4O6/c1-5-9(2)13(16(25)20-10(3)18(27)28)21-17(26)14(11(4)23)22-15(24)12-7-6-8-19-12/h9-14,19,23H,5-8H2,1-4H3,(H,20,25)(H,21,26)(H,22,24)(H,27,28). The second kappa shape index (κ2) is 11.0. The molecule has 0 saturated carbocycles. The average Bonchev–Trinajstić information content (AvgIpc) is 3.17. The zero-order valence-electron chi connectivity index (χ0n) is 16.8. The van der Waals surface area contributed by atoms with E-state index in [1.54, 1.807) is 6.92 Å². The number of rotatable bonds is 10. The maximum absolute atomic E-state index is 12.7. The van der Waals surface area contributed by atoms with E-state index in [1.807, 2.05) is 6.92 Å². The lowest BCUT2D eigenvalue weighted by Crippen LogP contribution is -2.60. The molecule has 6 N–H and O–H groups in total. The molecule has 1 fully saturated rings. The number of aliphatic hydroxyl groups is 1. The Bertz CT molecular complexity index is 576. The molecule has 10 heteroatoms. The van der Waals surface area contributed by atoms with Crippen LogP contribution in [0.25, 0.3) is 0 Å². The first-order chi connectivity index (χ1) is 13.1. The Hall–Kier alpha value is -2.20. The Labute approximate surface area is 164 Å². The van der Waals surface area contributed by atoms with Gasteiger partial charge < -0.3 is 31.5 Å². The maximum atomic E-state index is 12.7. The van der Waals surface area contributed by atoms with Crippen molar-refractivity contribution in [2.24, 2.45) is 5.92 Å². The van der Waals surface area contributed by atoms with Crippen LogP contribution in [0.2, 0.25) is 0 Å². The van der Waals surface area contributed by atoms with Crippen molar-refractivity contribution in [2.45, 2.75) is 77.2 Å². The largest absolute Gasteiger partial charge is 0.480 e. The highest BCUT2D eigenvalue weighted by atomic mass is 16.4. The Morgan fingerprint density at radius 2 is 1.64 bits per heavy atom. The fourth-order valence-electron chi connectivity index (χ4n) is 2.88. The topological polar surface area (TPSA) is 157 Å². The summed E-state index contributed by atoms with van der Waals surface area (Å²) in [6, 6.07) is -3.76. The number of amides is 3. The summed E-state index contributed by atoms with van der Waals surface area (Å²) in [5.41, 5.74) is 0. The molecule has 0 aliphatic carbocycles. The van der Waals surface area contributed by atoms with E-state index < -0.39 is 48.1 Å². The van der Waals surface area contributed by atoms with Gasteiger partial charge in [-0.15, -0.1) is 0 Å². The van der Waals surface area contributed by atoms with E-state index in [0.717, 1.165) is 6.42 Å². The zero-order valence-corrected chi connectivity index (χ0v) is 16.8. The number of carboxylic acids is 1. The highest BCUT2D eigenvalue weighted by Gasteiger charge is 2.34. The minimum atomic E-state index is -1.23. The van der Waals surface area contributed by atoms with Crippen LogP contribution in [0, 0.1) is 5.92 Å². The predicted molar refractivity (Wildman–Crippen MR) is 101 cm³/mol. The van der Waals surface area contributed by atoms with Crippen LogP contribution in [0.1, 0.15) is 47.0 Å². The van der Waals surface area contributed by atoms with Gasteiger partial charge in [0.1, 0.15) is 18.1 Å². The van der Waals surface area contributed by atoms with Crippen molar-refractivity contribution in [3.8, 4) is 0 Å². The van der Waals surface area contributed by atoms with Gasteiger partial charge in [-0.1, -0.05) is 20.3 Å². The number of carbonyl (C=O) groups excluding carboxylic acids is 3. The van der Waals surface area contributed by atoms with Crippen LogP contribution < -0.4 is 21.3 Å². The fraction of sp³-hybridized carbons (Fsp3) is 0.778. The van der Waals surface area contributed by atoms with Gasteiger partial charge in [-0.2, -0.15) is 0 Å². The van der Waals surface area contributed by atoms with Crippen LogP contribution in [0.3, 0.4) is 0 Å². The van der Waals surface area contributed by atoms with Crippen molar-refractivity contribution in [3.63, 3.8) is 0 Å². The molecule has 28 heavy (non-hydrogen) atoms. The summed E-state index contributed by atoms with van der Waals surface area (Å²) in [7, 11) is 0. The molecule has 0 aromatic rings. The Kier molecular flexibility index (Phi) is 9.33. The SMILES string of the molecule is CCC(C)C(NC(=O)C(NC(=O)C1CCCN1)C(C)O)C(=O)NC(C)C(=O)O. The molecule has 160 valence electrons. The van der Waals surface area contributed by atoms with Gasteiger partial charge in [-0.25, -0.2) is 0 Å². The van der Waals surface area contributed by atoms with Crippen LogP contribution in [-0.4, -0.2) is 70.7 Å². The molecule has 0 aromatic carbocycles. The Morgan fingerprint density at radius 1 is 1.04 bits per heavy atom. The molecular formula is C18H32N4O6. The van der Waals surface area contributed by atoms with Crippen LogP contribution in [0.15, 0.2) is 0 Å². The van der Waals surface area contributed by atoms with Gasteiger partial charge in [-0.05, 0) is 39.2 Å². The molecule has 0 aromatic heterocycles. The molecule has 1 saturated heterocycles. The molecule has 1 rings (SSSR count). The second-order valence-corrected chi connectivity index (χ2v) is 7.32. The summed E-state index contributed by atoms with van der Waals surface area (Å²) in [5.74, 6) is -3.20. The smallest absolute Gasteiger partial charge is 0.325 e. The first kappa shape index (κ1) is 23.8. The maximum Gasteiger partial charge on any atom is 0.325 e. The van der Waals surface area contributed by atoms with E-state index in [9.17, 15) is 24.3 Å². The van der Waals surface area contributed by atoms with Crippen molar-refractivity contribution in [1.82, 2.24) is 21.3 Å². The summed E-state index contributed by atoms with van der Waals surface area (Å²) >= 11 is 0.